The summed E-state index contributed by atoms with van der Waals surface area (Å²) in [6.45, 7) is -1.17. The number of nitrogens with zero attached hydrogens (tertiary/aromatic N) is 2. The predicted octanol–water partition coefficient (Wildman–Crippen LogP) is 5.33. The smallest absolute Gasteiger partial charge is 0.387 e. The Bertz CT molecular complexity index is 1320. The van der Waals surface area contributed by atoms with Crippen LogP contribution in [0.2, 0.25) is 5.02 Å². The molecule has 0 radical (unpaired) electrons. The van der Waals surface area contributed by atoms with Crippen molar-refractivity contribution in [3.8, 4) is 17.2 Å². The number of amides is 3. The van der Waals surface area contributed by atoms with Gasteiger partial charge >= 0.3 is 12.6 Å². The van der Waals surface area contributed by atoms with Crippen molar-refractivity contribution in [2.75, 3.05) is 7.11 Å². The van der Waals surface area contributed by atoms with Crippen LogP contribution in [0.1, 0.15) is 23.6 Å². The number of carbonyl (C=O) groups is 2. The van der Waals surface area contributed by atoms with Crippen molar-refractivity contribution in [3.63, 3.8) is 0 Å². The molecule has 1 aliphatic rings. The number of benzene rings is 3. The van der Waals surface area contributed by atoms with Gasteiger partial charge in [0.15, 0.2) is 11.5 Å². The van der Waals surface area contributed by atoms with Gasteiger partial charge < -0.3 is 19.5 Å². The number of nitrogens with one attached hydrogen (secondary N) is 1. The van der Waals surface area contributed by atoms with Gasteiger partial charge in [-0.15, -0.1) is 5.01 Å². The Hall–Kier alpha value is -4.18. The first kappa shape index (κ1) is 25.9. The van der Waals surface area contributed by atoms with E-state index in [2.05, 4.69) is 15.2 Å². The first-order valence-corrected chi connectivity index (χ1v) is 11.4. The molecule has 1 aliphatic heterocycles. The summed E-state index contributed by atoms with van der Waals surface area (Å²) in [6.07, 6.45) is 1.34. The van der Waals surface area contributed by atoms with Gasteiger partial charge in [-0.3, -0.25) is 4.79 Å². The van der Waals surface area contributed by atoms with Gasteiger partial charge in [-0.2, -0.15) is 13.9 Å². The second-order valence-corrected chi connectivity index (χ2v) is 8.58. The Kier molecular flexibility index (Phi) is 7.58. The minimum absolute atomic E-state index is 0.0662. The van der Waals surface area contributed by atoms with Crippen LogP contribution in [0, 0.1) is 0 Å². The standard InChI is InChI=1S/C26H22ClF2N3O5/c1-26(18-6-10-20(11-7-18)37-24(28)29)23(33)32(25(34)31-26)30-14-17-5-12-21(22(13-17)35-2)36-15-16-3-8-19(27)9-4-16/h3-14,24H,15H2,1-2H3,(H,31,34). The topological polar surface area (TPSA) is 89.5 Å². The van der Waals surface area contributed by atoms with Crippen molar-refractivity contribution in [1.29, 1.82) is 0 Å². The molecule has 1 unspecified atom stereocenters. The van der Waals surface area contributed by atoms with Crippen LogP contribution < -0.4 is 19.5 Å². The molecule has 37 heavy (non-hydrogen) atoms. The summed E-state index contributed by atoms with van der Waals surface area (Å²) in [4.78, 5) is 25.6. The van der Waals surface area contributed by atoms with Crippen LogP contribution in [0.3, 0.4) is 0 Å². The lowest BCUT2D eigenvalue weighted by molar-refractivity contribution is -0.131. The molecule has 192 valence electrons. The first-order chi connectivity index (χ1) is 17.7. The molecule has 1 fully saturated rings. The fraction of sp³-hybridized carbons (Fsp3) is 0.192. The Labute approximate surface area is 216 Å². The van der Waals surface area contributed by atoms with E-state index in [1.807, 2.05) is 12.1 Å². The van der Waals surface area contributed by atoms with Crippen molar-refractivity contribution < 1.29 is 32.6 Å². The Morgan fingerprint density at radius 2 is 1.76 bits per heavy atom. The number of methoxy groups -OCH3 is 1. The summed E-state index contributed by atoms with van der Waals surface area (Å²) in [5, 5.41) is 7.99. The second-order valence-electron chi connectivity index (χ2n) is 8.14. The van der Waals surface area contributed by atoms with Gasteiger partial charge in [0.25, 0.3) is 5.91 Å². The molecule has 3 aromatic rings. The highest BCUT2D eigenvalue weighted by Gasteiger charge is 2.49. The zero-order chi connectivity index (χ0) is 26.6. The highest BCUT2D eigenvalue weighted by Crippen LogP contribution is 2.31. The predicted molar refractivity (Wildman–Crippen MR) is 132 cm³/mol. The van der Waals surface area contributed by atoms with Crippen LogP contribution in [0.15, 0.2) is 71.8 Å². The Morgan fingerprint density at radius 3 is 2.41 bits per heavy atom. The molecule has 1 saturated heterocycles. The first-order valence-electron chi connectivity index (χ1n) is 11.0. The summed E-state index contributed by atoms with van der Waals surface area (Å²) >= 11 is 5.91. The summed E-state index contributed by atoms with van der Waals surface area (Å²) in [7, 11) is 1.49. The molecule has 4 rings (SSSR count). The van der Waals surface area contributed by atoms with Gasteiger partial charge in [0.1, 0.15) is 17.9 Å². The molecule has 0 bridgehead atoms. The van der Waals surface area contributed by atoms with E-state index in [-0.39, 0.29) is 5.75 Å². The van der Waals surface area contributed by atoms with Crippen molar-refractivity contribution in [2.24, 2.45) is 5.10 Å². The number of halogens is 3. The monoisotopic (exact) mass is 529 g/mol. The average Bonchev–Trinajstić information content (AvgIpc) is 3.10. The van der Waals surface area contributed by atoms with Gasteiger partial charge in [0, 0.05) is 5.02 Å². The van der Waals surface area contributed by atoms with E-state index in [0.717, 1.165) is 5.56 Å². The van der Waals surface area contributed by atoms with Crippen molar-refractivity contribution in [3.05, 3.63) is 88.4 Å². The van der Waals surface area contributed by atoms with E-state index in [1.165, 1.54) is 44.5 Å². The van der Waals surface area contributed by atoms with Gasteiger partial charge in [-0.05, 0) is 66.1 Å². The molecule has 3 aromatic carbocycles. The van der Waals surface area contributed by atoms with Crippen molar-refractivity contribution in [2.45, 2.75) is 25.7 Å². The zero-order valence-corrected chi connectivity index (χ0v) is 20.5. The maximum atomic E-state index is 13.1. The lowest BCUT2D eigenvalue weighted by atomic mass is 9.92. The summed E-state index contributed by atoms with van der Waals surface area (Å²) in [6, 6.07) is 17.0. The molecule has 1 heterocycles. The molecule has 0 aliphatic carbocycles. The molecule has 0 aromatic heterocycles. The van der Waals surface area contributed by atoms with E-state index < -0.39 is 24.1 Å². The van der Waals surface area contributed by atoms with Crippen molar-refractivity contribution >= 4 is 29.8 Å². The van der Waals surface area contributed by atoms with E-state index in [1.54, 1.807) is 30.3 Å². The highest BCUT2D eigenvalue weighted by molar-refractivity contribution is 6.30. The van der Waals surface area contributed by atoms with Gasteiger partial charge in [-0.25, -0.2) is 4.79 Å². The number of carbonyl (C=O) groups excluding carboxylic acids is 2. The molecule has 0 saturated carbocycles. The lowest BCUT2D eigenvalue weighted by Gasteiger charge is -2.21. The van der Waals surface area contributed by atoms with Crippen LogP contribution in [0.5, 0.6) is 17.2 Å². The number of alkyl halides is 2. The van der Waals surface area contributed by atoms with Crippen LogP contribution in [0.25, 0.3) is 0 Å². The third-order valence-electron chi connectivity index (χ3n) is 5.64. The third-order valence-corrected chi connectivity index (χ3v) is 5.90. The Morgan fingerprint density at radius 1 is 1.05 bits per heavy atom. The van der Waals surface area contributed by atoms with Crippen molar-refractivity contribution in [1.82, 2.24) is 10.3 Å². The normalized spacial score (nSPS) is 17.4. The molecule has 1 N–H and O–H groups in total. The van der Waals surface area contributed by atoms with Crippen LogP contribution in [-0.4, -0.2) is 36.9 Å². The minimum Gasteiger partial charge on any atom is -0.493 e. The fourth-order valence-corrected chi connectivity index (χ4v) is 3.77. The molecule has 11 heteroatoms. The van der Waals surface area contributed by atoms with Crippen LogP contribution in [0.4, 0.5) is 13.6 Å². The highest BCUT2D eigenvalue weighted by atomic mass is 35.5. The number of urea groups is 1. The third kappa shape index (κ3) is 5.80. The van der Waals surface area contributed by atoms with E-state index in [0.29, 0.717) is 39.3 Å². The maximum absolute atomic E-state index is 13.1. The number of rotatable bonds is 9. The average molecular weight is 530 g/mol. The summed E-state index contributed by atoms with van der Waals surface area (Å²) in [5.41, 5.74) is 0.428. The molecule has 8 nitrogen and oxygen atoms in total. The number of imide groups is 1. The van der Waals surface area contributed by atoms with E-state index >= 15 is 0 Å². The number of hydrazone groups is 1. The van der Waals surface area contributed by atoms with Crippen LogP contribution >= 0.6 is 11.6 Å². The largest absolute Gasteiger partial charge is 0.493 e. The molecular weight excluding hydrogens is 508 g/mol. The van der Waals surface area contributed by atoms with E-state index in [4.69, 9.17) is 21.1 Å². The number of ether oxygens (including phenoxy) is 3. The van der Waals surface area contributed by atoms with Gasteiger partial charge in [0.2, 0.25) is 0 Å². The number of hydrogen-bond donors (Lipinski definition) is 1. The van der Waals surface area contributed by atoms with Gasteiger partial charge in [-0.1, -0.05) is 35.9 Å². The molecular formula is C26H22ClF2N3O5. The number of hydrogen-bond acceptors (Lipinski definition) is 6. The van der Waals surface area contributed by atoms with E-state index in [9.17, 15) is 18.4 Å². The molecule has 0 spiro atoms. The quantitative estimate of drug-likeness (QED) is 0.299. The fourth-order valence-electron chi connectivity index (χ4n) is 3.64. The minimum atomic E-state index is -2.97. The maximum Gasteiger partial charge on any atom is 0.387 e. The van der Waals surface area contributed by atoms with Gasteiger partial charge in [0.05, 0.1) is 13.3 Å². The summed E-state index contributed by atoms with van der Waals surface area (Å²) in [5.74, 6) is 0.234. The SMILES string of the molecule is COc1cc(C=NN2C(=O)NC(C)(c3ccc(OC(F)F)cc3)C2=O)ccc1OCc1ccc(Cl)cc1. The zero-order valence-electron chi connectivity index (χ0n) is 19.8. The molecule has 1 atom stereocenters. The second kappa shape index (κ2) is 10.8. The van der Waals surface area contributed by atoms with Crippen LogP contribution in [-0.2, 0) is 16.9 Å². The molecule has 3 amide bonds. The summed E-state index contributed by atoms with van der Waals surface area (Å²) < 4.78 is 40.4. The lowest BCUT2D eigenvalue weighted by Crippen LogP contribution is -2.40. The Balaban J connectivity index is 1.46.